The third-order valence-electron chi connectivity index (χ3n) is 14.9. The molecule has 0 unspecified atom stereocenters. The number of amides is 1. The van der Waals surface area contributed by atoms with Crippen LogP contribution in [0.15, 0.2) is 15.1 Å². The van der Waals surface area contributed by atoms with Crippen LogP contribution in [0.3, 0.4) is 0 Å². The number of hydrazone groups is 1. The smallest absolute Gasteiger partial charge is 0.222 e. The van der Waals surface area contributed by atoms with Gasteiger partial charge in [-0.1, -0.05) is 372 Å². The molecule has 0 rings (SSSR count). The summed E-state index contributed by atoms with van der Waals surface area (Å²) in [5, 5.41) is 5.90. The SMILES string of the molecule is C#CC(C)(C)C.CC(=O)C(C)(C)C.CC(=O)CC(C)(C)C.CC(=S)C(C)(C)C.CC(C)(C)C(N)=O.CC(C)(C)C=O.CC(C)(C)CC=O.CCC(=O)C(C)(C)C.CCC(=O)C(C)(C)C.CCC(=O)CC(C)(C)C.CCC(C)(C)C.CCCC(=O)C(C)(C)C.CCCC(=O)CC(C)(C)C.CN(C)N=CC(C)(C)C.CN=C(N)C(C)(C)C.CN=C(N)C(C)(C)C. The van der Waals surface area contributed by atoms with Gasteiger partial charge < -0.3 is 36.6 Å². The second kappa shape index (κ2) is 73.5. The van der Waals surface area contributed by atoms with Gasteiger partial charge in [0.25, 0.3) is 0 Å². The van der Waals surface area contributed by atoms with Crippen LogP contribution < -0.4 is 17.2 Å². The van der Waals surface area contributed by atoms with Crippen LogP contribution in [0.4, 0.5) is 0 Å². The number of carbonyl (C=O) groups excluding carboxylic acids is 10. The molecule has 0 heterocycles. The Hall–Kier alpha value is -5.44. The van der Waals surface area contributed by atoms with Gasteiger partial charge in [0.15, 0.2) is 0 Å². The first-order valence-corrected chi connectivity index (χ1v) is 45.1. The highest BCUT2D eigenvalue weighted by atomic mass is 32.1. The fourth-order valence-corrected chi connectivity index (χ4v) is 5.29. The normalized spacial score (nSPS) is 11.9. The quantitative estimate of drug-likeness (QED) is 0.0409. The number of nitrogens with zero attached hydrogens (tertiary/aromatic N) is 4. The Balaban J connectivity index is -0.0000000710. The molecule has 0 aromatic heterocycles. The summed E-state index contributed by atoms with van der Waals surface area (Å²) in [5.74, 6) is 6.07. The third kappa shape index (κ3) is 179. The number of carbonyl (C=O) groups is 10. The Morgan fingerprint density at radius 3 is 0.667 bits per heavy atom. The van der Waals surface area contributed by atoms with Gasteiger partial charge >= 0.3 is 0 Å². The largest absolute Gasteiger partial charge is 0.387 e. The molecule has 0 radical (unpaired) electrons. The number of aldehydes is 2. The second-order valence-corrected chi connectivity index (χ2v) is 49.3. The Morgan fingerprint density at radius 1 is 0.374 bits per heavy atom. The number of terminal acetylenes is 1. The maximum Gasteiger partial charge on any atom is 0.222 e. The monoisotopic (exact) mass is 1770 g/mol. The number of hydrogen-bond donors (Lipinski definition) is 3. The van der Waals surface area contributed by atoms with Crippen molar-refractivity contribution in [3.05, 3.63) is 0 Å². The second-order valence-electron chi connectivity index (χ2n) is 48.7. The van der Waals surface area contributed by atoms with E-state index in [1.54, 1.807) is 53.7 Å². The maximum atomic E-state index is 11.1. The zero-order valence-corrected chi connectivity index (χ0v) is 94.6. The summed E-state index contributed by atoms with van der Waals surface area (Å²) < 4.78 is 0. The van der Waals surface area contributed by atoms with E-state index >= 15 is 0 Å². The number of thiocarbonyl (C=S) groups is 1. The predicted octanol–water partition coefficient (Wildman–Crippen LogP) is 28.8. The first kappa shape index (κ1) is 155. The van der Waals surface area contributed by atoms with E-state index in [9.17, 15) is 47.9 Å². The van der Waals surface area contributed by atoms with Crippen molar-refractivity contribution in [2.75, 3.05) is 28.2 Å². The van der Waals surface area contributed by atoms with Crippen LogP contribution in [0.2, 0.25) is 0 Å². The summed E-state index contributed by atoms with van der Waals surface area (Å²) in [6.07, 6.45) is 18.4. The molecule has 6 N–H and O–H groups in total. The fraction of sp³-hybridized carbons (Fsp3) is 0.848. The number of hydrogen-bond acceptors (Lipinski definition) is 15. The summed E-state index contributed by atoms with van der Waals surface area (Å²) in [6.45, 7) is 114. The molecular weight excluding hydrogens is 1550 g/mol. The highest BCUT2D eigenvalue weighted by Gasteiger charge is 2.23. The van der Waals surface area contributed by atoms with Crippen LogP contribution in [0.1, 0.15) is 472 Å². The van der Waals surface area contributed by atoms with Crippen molar-refractivity contribution >= 4 is 93.9 Å². The molecule has 123 heavy (non-hydrogen) atoms. The lowest BCUT2D eigenvalue weighted by atomic mass is 9.88. The Kier molecular flexibility index (Phi) is 92.5. The number of nitrogens with two attached hydrogens (primary N) is 3. The molecule has 0 saturated heterocycles. The van der Waals surface area contributed by atoms with E-state index in [-0.39, 0.29) is 98.7 Å². The van der Waals surface area contributed by atoms with Crippen molar-refractivity contribution in [1.82, 2.24) is 5.01 Å². The first-order valence-electron chi connectivity index (χ1n) is 44.7. The van der Waals surface area contributed by atoms with Gasteiger partial charge in [0.2, 0.25) is 5.91 Å². The maximum absolute atomic E-state index is 11.1. The molecular formula is C105H217N7O10S. The van der Waals surface area contributed by atoms with E-state index in [0.717, 1.165) is 49.5 Å². The molecule has 738 valence electrons. The summed E-state index contributed by atoms with van der Waals surface area (Å²) in [6, 6.07) is 0. The average molecular weight is 1770 g/mol. The van der Waals surface area contributed by atoms with Gasteiger partial charge in [-0.15, -0.1) is 12.3 Å². The van der Waals surface area contributed by atoms with Crippen LogP contribution in [0, 0.1) is 99.0 Å². The van der Waals surface area contributed by atoms with E-state index in [1.165, 1.54) is 6.42 Å². The van der Waals surface area contributed by atoms with Crippen molar-refractivity contribution < 1.29 is 47.9 Å². The highest BCUT2D eigenvalue weighted by molar-refractivity contribution is 7.80. The molecule has 0 aromatic rings. The lowest BCUT2D eigenvalue weighted by Gasteiger charge is -2.16. The molecule has 18 heteroatoms. The average Bonchev–Trinajstić information content (AvgIpc) is 0.901. The van der Waals surface area contributed by atoms with E-state index < -0.39 is 0 Å². The fourth-order valence-electron chi connectivity index (χ4n) is 5.29. The molecule has 0 fully saturated rings. The van der Waals surface area contributed by atoms with Crippen molar-refractivity contribution in [2.24, 2.45) is 119 Å². The highest BCUT2D eigenvalue weighted by Crippen LogP contribution is 2.24. The van der Waals surface area contributed by atoms with Gasteiger partial charge in [0.1, 0.15) is 53.1 Å². The molecule has 0 spiro atoms. The minimum absolute atomic E-state index is 0.0365. The van der Waals surface area contributed by atoms with Gasteiger partial charge in [-0.25, -0.2) is 0 Å². The van der Waals surface area contributed by atoms with Crippen LogP contribution in [-0.2, 0) is 47.9 Å². The Labute approximate surface area is 773 Å². The van der Waals surface area contributed by atoms with Gasteiger partial charge in [-0.2, -0.15) is 5.10 Å². The predicted molar refractivity (Wildman–Crippen MR) is 553 cm³/mol. The Bertz CT molecular complexity index is 2790. The Morgan fingerprint density at radius 2 is 0.618 bits per heavy atom. The first-order chi connectivity index (χ1) is 53.2. The molecule has 17 nitrogen and oxygen atoms in total. The summed E-state index contributed by atoms with van der Waals surface area (Å²) in [5.41, 5.74) is 16.7. The zero-order valence-electron chi connectivity index (χ0n) is 93.8. The van der Waals surface area contributed by atoms with E-state index in [4.69, 9.17) is 35.8 Å². The number of Topliss-reactive ketones (excluding diaryl/α,β-unsaturated/α-hetero) is 7. The lowest BCUT2D eigenvalue weighted by Crippen LogP contribution is -2.28. The summed E-state index contributed by atoms with van der Waals surface area (Å²) in [7, 11) is 7.26. The molecule has 0 aliphatic carbocycles. The zero-order chi connectivity index (χ0) is 104. The standard InChI is InChI=1S/C9H18O.2C8H16O.C7H16N2.3C7H14O.2C6H14N2.2C6H12O.C6H12S.C6H14.C6H10.C5H11NO.C5H10O/c1-5-6-8(10)7-9(2,3)4;1-5-7(9)6-8(2,3)4;1-5-6-7(9)8(2,3)4;1-7(2,3)6-8-9(4)5;1-6(8)5-7(2,3)4;2*1-5-6(8)7(2,3)4;2*1-6(2,3)5(7)8-4;1-6(2,3)4-5-7;2*1-5(7)6(2,3)4;2*1-5-6(2,3)4;1-5(2,3)4(6)7;1-5(2,3)4-6/h5-7H2,1-4H3;2*5-6H2,1-4H3;6H,1-5H3;3*5H2,1-4H3;2*1-4H3,(H2,7,8);5H,4H2,1-3H3;2*1-4H3;5H2,1-4H3;1H,2-4H3;1-3H3,(H2,6,7);4H,1-3H3. The third-order valence-corrected chi connectivity index (χ3v) is 15.5. The molecule has 0 saturated carbocycles. The molecule has 0 aromatic carbocycles. The number of primary amides is 1. The van der Waals surface area contributed by atoms with Crippen molar-refractivity contribution in [1.29, 1.82) is 0 Å². The van der Waals surface area contributed by atoms with Gasteiger partial charge in [-0.3, -0.25) is 43.5 Å². The molecule has 0 bridgehead atoms. The molecule has 0 aliphatic rings. The van der Waals surface area contributed by atoms with Crippen LogP contribution >= 0.6 is 12.2 Å². The van der Waals surface area contributed by atoms with Crippen LogP contribution in [0.5, 0.6) is 0 Å². The number of rotatable bonds is 12. The topological polar surface area (TPSA) is 289 Å². The van der Waals surface area contributed by atoms with Crippen LogP contribution in [-0.4, -0.2) is 115 Å². The van der Waals surface area contributed by atoms with Crippen molar-refractivity contribution in [2.45, 2.75) is 472 Å². The van der Waals surface area contributed by atoms with Gasteiger partial charge in [0, 0.05) is 141 Å². The molecule has 0 atom stereocenters. The number of amidine groups is 2. The minimum Gasteiger partial charge on any atom is -0.387 e. The van der Waals surface area contributed by atoms with Gasteiger partial charge in [0.05, 0.1) is 11.7 Å². The van der Waals surface area contributed by atoms with Crippen LogP contribution in [0.25, 0.3) is 0 Å². The number of aliphatic imine (C=N–C) groups is 2. The lowest BCUT2D eigenvalue weighted by molar-refractivity contribution is -0.126. The van der Waals surface area contributed by atoms with Crippen molar-refractivity contribution in [3.63, 3.8) is 0 Å². The molecule has 1 amide bonds. The van der Waals surface area contributed by atoms with E-state index in [2.05, 4.69) is 153 Å². The number of ketones is 7. The van der Waals surface area contributed by atoms with Gasteiger partial charge in [-0.05, 0) is 97.2 Å². The summed E-state index contributed by atoms with van der Waals surface area (Å²) in [4.78, 5) is 114. The van der Waals surface area contributed by atoms with Crippen molar-refractivity contribution in [3.8, 4) is 12.3 Å². The minimum atomic E-state index is -0.361. The molecule has 0 aliphatic heterocycles. The summed E-state index contributed by atoms with van der Waals surface area (Å²) >= 11 is 4.93. The van der Waals surface area contributed by atoms with E-state index in [0.29, 0.717) is 84.5 Å². The van der Waals surface area contributed by atoms with E-state index in [1.807, 2.05) is 249 Å².